The molecule has 0 atom stereocenters. The molecular formula is C16H22ClN3O. The summed E-state index contributed by atoms with van der Waals surface area (Å²) in [5.74, 6) is 0.710. The summed E-state index contributed by atoms with van der Waals surface area (Å²) >= 11 is 6.03. The van der Waals surface area contributed by atoms with Crippen LogP contribution in [0.5, 0.6) is 0 Å². The predicted molar refractivity (Wildman–Crippen MR) is 86.0 cm³/mol. The third kappa shape index (κ3) is 3.62. The highest BCUT2D eigenvalue weighted by Crippen LogP contribution is 2.25. The number of carbonyl (C=O) groups is 1. The van der Waals surface area contributed by atoms with Crippen LogP contribution in [0.15, 0.2) is 24.3 Å². The van der Waals surface area contributed by atoms with Gasteiger partial charge < -0.3 is 15.1 Å². The molecule has 0 aromatic heterocycles. The van der Waals surface area contributed by atoms with Gasteiger partial charge in [0.1, 0.15) is 0 Å². The molecule has 5 heteroatoms. The predicted octanol–water partition coefficient (Wildman–Crippen LogP) is 2.97. The summed E-state index contributed by atoms with van der Waals surface area (Å²) in [5, 5.41) is 3.82. The zero-order chi connectivity index (χ0) is 14.7. The fraction of sp³-hybridized carbons (Fsp3) is 0.562. The Hall–Kier alpha value is -1.42. The molecule has 2 fully saturated rings. The van der Waals surface area contributed by atoms with Gasteiger partial charge in [0.2, 0.25) is 0 Å². The molecule has 2 amide bonds. The van der Waals surface area contributed by atoms with Crippen molar-refractivity contribution in [3.63, 3.8) is 0 Å². The van der Waals surface area contributed by atoms with Gasteiger partial charge in [-0.15, -0.1) is 0 Å². The van der Waals surface area contributed by atoms with Crippen molar-refractivity contribution in [3.05, 3.63) is 29.3 Å². The first kappa shape index (κ1) is 14.5. The maximum Gasteiger partial charge on any atom is 0.317 e. The Labute approximate surface area is 131 Å². The van der Waals surface area contributed by atoms with E-state index in [1.165, 1.54) is 19.3 Å². The van der Waals surface area contributed by atoms with E-state index in [4.69, 9.17) is 11.6 Å². The van der Waals surface area contributed by atoms with Crippen molar-refractivity contribution in [2.75, 3.05) is 37.6 Å². The number of rotatable bonds is 3. The van der Waals surface area contributed by atoms with E-state index in [1.54, 1.807) is 0 Å². The van der Waals surface area contributed by atoms with Crippen LogP contribution in [0.4, 0.5) is 10.5 Å². The van der Waals surface area contributed by atoms with Crippen molar-refractivity contribution in [2.24, 2.45) is 5.92 Å². The Kier molecular flexibility index (Phi) is 4.54. The molecule has 0 spiro atoms. The summed E-state index contributed by atoms with van der Waals surface area (Å²) in [5.41, 5.74) is 1.14. The van der Waals surface area contributed by atoms with Gasteiger partial charge in [-0.3, -0.25) is 0 Å². The number of nitrogens with zero attached hydrogens (tertiary/aromatic N) is 2. The third-order valence-corrected chi connectivity index (χ3v) is 4.74. The van der Waals surface area contributed by atoms with E-state index in [0.717, 1.165) is 43.4 Å². The van der Waals surface area contributed by atoms with Crippen LogP contribution in [0.1, 0.15) is 19.3 Å². The molecule has 2 aliphatic rings. The summed E-state index contributed by atoms with van der Waals surface area (Å²) < 4.78 is 0. The number of anilines is 1. The van der Waals surface area contributed by atoms with E-state index in [9.17, 15) is 4.79 Å². The molecule has 4 nitrogen and oxygen atoms in total. The van der Waals surface area contributed by atoms with E-state index in [0.29, 0.717) is 5.92 Å². The Balaban J connectivity index is 1.46. The van der Waals surface area contributed by atoms with Gasteiger partial charge in [-0.25, -0.2) is 4.79 Å². The lowest BCUT2D eigenvalue weighted by atomic mass is 9.85. The number of hydrogen-bond acceptors (Lipinski definition) is 2. The molecule has 1 aromatic carbocycles. The number of carbonyl (C=O) groups excluding carboxylic acids is 1. The van der Waals surface area contributed by atoms with Crippen LogP contribution in [-0.2, 0) is 0 Å². The number of benzene rings is 1. The van der Waals surface area contributed by atoms with Gasteiger partial charge in [0.25, 0.3) is 0 Å². The summed E-state index contributed by atoms with van der Waals surface area (Å²) in [6.07, 6.45) is 3.85. The second kappa shape index (κ2) is 6.56. The van der Waals surface area contributed by atoms with Crippen LogP contribution < -0.4 is 10.2 Å². The average molecular weight is 308 g/mol. The molecule has 1 aliphatic carbocycles. The highest BCUT2D eigenvalue weighted by Gasteiger charge is 2.23. The smallest absolute Gasteiger partial charge is 0.317 e. The molecular weight excluding hydrogens is 286 g/mol. The van der Waals surface area contributed by atoms with Crippen LogP contribution in [0.25, 0.3) is 0 Å². The molecule has 1 aliphatic heterocycles. The van der Waals surface area contributed by atoms with Crippen molar-refractivity contribution in [1.29, 1.82) is 0 Å². The normalized spacial score (nSPS) is 19.3. The zero-order valence-corrected chi connectivity index (χ0v) is 13.0. The Morgan fingerprint density at radius 3 is 2.62 bits per heavy atom. The Morgan fingerprint density at radius 2 is 2.00 bits per heavy atom. The van der Waals surface area contributed by atoms with Crippen LogP contribution >= 0.6 is 11.6 Å². The van der Waals surface area contributed by atoms with Crippen molar-refractivity contribution in [1.82, 2.24) is 10.2 Å². The minimum atomic E-state index is 0.0904. The largest absolute Gasteiger partial charge is 0.368 e. The second-order valence-electron chi connectivity index (χ2n) is 5.94. The van der Waals surface area contributed by atoms with Gasteiger partial charge in [-0.1, -0.05) is 24.1 Å². The summed E-state index contributed by atoms with van der Waals surface area (Å²) in [4.78, 5) is 16.3. The first-order chi connectivity index (χ1) is 10.2. The van der Waals surface area contributed by atoms with Gasteiger partial charge in [-0.2, -0.15) is 0 Å². The number of nitrogens with one attached hydrogen (secondary N) is 1. The highest BCUT2D eigenvalue weighted by atomic mass is 35.5. The van der Waals surface area contributed by atoms with Gasteiger partial charge in [0.05, 0.1) is 0 Å². The fourth-order valence-electron chi connectivity index (χ4n) is 2.88. The molecule has 1 saturated heterocycles. The van der Waals surface area contributed by atoms with E-state index in [-0.39, 0.29) is 6.03 Å². The summed E-state index contributed by atoms with van der Waals surface area (Å²) in [6.45, 7) is 4.09. The van der Waals surface area contributed by atoms with Crippen LogP contribution in [0, 0.1) is 5.92 Å². The first-order valence-corrected chi connectivity index (χ1v) is 8.13. The van der Waals surface area contributed by atoms with E-state index < -0.39 is 0 Å². The molecule has 3 rings (SSSR count). The molecule has 1 saturated carbocycles. The molecule has 1 N–H and O–H groups in total. The van der Waals surface area contributed by atoms with Gasteiger partial charge >= 0.3 is 6.03 Å². The Bertz CT molecular complexity index is 496. The standard InChI is InChI=1S/C16H22ClN3O/c17-14-5-2-6-15(11-14)19-7-9-20(10-8-19)16(21)18-12-13-3-1-4-13/h2,5-6,11,13H,1,3-4,7-10,12H2,(H,18,21). The monoisotopic (exact) mass is 307 g/mol. The number of hydrogen-bond donors (Lipinski definition) is 1. The van der Waals surface area contributed by atoms with Crippen molar-refractivity contribution in [3.8, 4) is 0 Å². The van der Waals surface area contributed by atoms with Crippen molar-refractivity contribution >= 4 is 23.3 Å². The maximum absolute atomic E-state index is 12.1. The molecule has 1 heterocycles. The summed E-state index contributed by atoms with van der Waals surface area (Å²) in [6, 6.07) is 7.99. The van der Waals surface area contributed by atoms with Crippen LogP contribution in [-0.4, -0.2) is 43.7 Å². The lowest BCUT2D eigenvalue weighted by Crippen LogP contribution is -2.52. The topological polar surface area (TPSA) is 35.6 Å². The van der Waals surface area contributed by atoms with E-state index in [2.05, 4.69) is 16.3 Å². The molecule has 0 unspecified atom stereocenters. The highest BCUT2D eigenvalue weighted by molar-refractivity contribution is 6.30. The molecule has 1 aromatic rings. The summed E-state index contributed by atoms with van der Waals surface area (Å²) in [7, 11) is 0. The van der Waals surface area contributed by atoms with Crippen LogP contribution in [0.3, 0.4) is 0 Å². The van der Waals surface area contributed by atoms with Gasteiger partial charge in [0.15, 0.2) is 0 Å². The molecule has 114 valence electrons. The quantitative estimate of drug-likeness (QED) is 0.932. The van der Waals surface area contributed by atoms with Gasteiger partial charge in [-0.05, 0) is 37.0 Å². The molecule has 21 heavy (non-hydrogen) atoms. The second-order valence-corrected chi connectivity index (χ2v) is 6.37. The molecule has 0 bridgehead atoms. The minimum Gasteiger partial charge on any atom is -0.368 e. The van der Waals surface area contributed by atoms with Crippen molar-refractivity contribution in [2.45, 2.75) is 19.3 Å². The zero-order valence-electron chi connectivity index (χ0n) is 12.2. The maximum atomic E-state index is 12.1. The Morgan fingerprint density at radius 1 is 1.24 bits per heavy atom. The van der Waals surface area contributed by atoms with E-state index >= 15 is 0 Å². The average Bonchev–Trinajstić information content (AvgIpc) is 2.46. The SMILES string of the molecule is O=C(NCC1CCC1)N1CCN(c2cccc(Cl)c2)CC1. The number of halogens is 1. The number of amides is 2. The number of piperazine rings is 1. The number of urea groups is 1. The fourth-order valence-corrected chi connectivity index (χ4v) is 3.07. The first-order valence-electron chi connectivity index (χ1n) is 7.75. The van der Waals surface area contributed by atoms with E-state index in [1.807, 2.05) is 23.1 Å². The minimum absolute atomic E-state index is 0.0904. The van der Waals surface area contributed by atoms with Crippen molar-refractivity contribution < 1.29 is 4.79 Å². The van der Waals surface area contributed by atoms with Crippen LogP contribution in [0.2, 0.25) is 5.02 Å². The van der Waals surface area contributed by atoms with Gasteiger partial charge in [0, 0.05) is 43.4 Å². The molecule has 0 radical (unpaired) electrons. The lowest BCUT2D eigenvalue weighted by Gasteiger charge is -2.36. The lowest BCUT2D eigenvalue weighted by molar-refractivity contribution is 0.188. The third-order valence-electron chi connectivity index (χ3n) is 4.51.